The molecule has 0 saturated heterocycles. The minimum Gasteiger partial charge on any atom is -0.444 e. The number of rotatable bonds is 2. The number of para-hydroxylation sites is 1. The number of hydrogen-bond acceptors (Lipinski definition) is 3. The summed E-state index contributed by atoms with van der Waals surface area (Å²) >= 11 is 6.28. The lowest BCUT2D eigenvalue weighted by molar-refractivity contribution is 0.0508. The standard InChI is InChI=1S/C17H21ClN2O2/c1-10-7-6-8-12-9-13(15(18)20-14(10)12)11(2)19-16(21)22-17(3,4)5/h6-9,11H,1-5H3,(H,19,21). The number of carbonyl (C=O) groups excluding carboxylic acids is 1. The molecule has 1 aromatic heterocycles. The first kappa shape index (κ1) is 16.6. The number of ether oxygens (including phenoxy) is 1. The number of nitrogens with zero attached hydrogens (tertiary/aromatic N) is 1. The summed E-state index contributed by atoms with van der Waals surface area (Å²) < 4.78 is 5.26. The van der Waals surface area contributed by atoms with Crippen LogP contribution in [0, 0.1) is 6.92 Å². The number of nitrogens with one attached hydrogen (secondary N) is 1. The fourth-order valence-corrected chi connectivity index (χ4v) is 2.51. The Labute approximate surface area is 135 Å². The first-order chi connectivity index (χ1) is 10.2. The molecule has 0 bridgehead atoms. The van der Waals surface area contributed by atoms with E-state index in [9.17, 15) is 4.79 Å². The van der Waals surface area contributed by atoms with Gasteiger partial charge in [-0.2, -0.15) is 0 Å². The molecule has 1 amide bonds. The van der Waals surface area contributed by atoms with Gasteiger partial charge in [0.05, 0.1) is 11.6 Å². The number of aromatic nitrogens is 1. The summed E-state index contributed by atoms with van der Waals surface area (Å²) in [7, 11) is 0. The molecular weight excluding hydrogens is 300 g/mol. The number of amides is 1. The Morgan fingerprint density at radius 1 is 1.36 bits per heavy atom. The molecule has 0 radical (unpaired) electrons. The molecule has 0 aliphatic carbocycles. The normalized spacial score (nSPS) is 13.0. The minimum absolute atomic E-state index is 0.292. The number of aryl methyl sites for hydroxylation is 1. The zero-order chi connectivity index (χ0) is 16.5. The number of benzene rings is 1. The highest BCUT2D eigenvalue weighted by Crippen LogP contribution is 2.27. The van der Waals surface area contributed by atoms with Crippen LogP contribution < -0.4 is 5.32 Å². The van der Waals surface area contributed by atoms with Crippen LogP contribution >= 0.6 is 11.6 Å². The second-order valence-electron chi connectivity index (χ2n) is 6.38. The van der Waals surface area contributed by atoms with Gasteiger partial charge in [-0.3, -0.25) is 0 Å². The fourth-order valence-electron chi connectivity index (χ4n) is 2.21. The summed E-state index contributed by atoms with van der Waals surface area (Å²) in [6.07, 6.45) is -0.472. The van der Waals surface area contributed by atoms with Crippen molar-refractivity contribution in [3.05, 3.63) is 40.5 Å². The summed E-state index contributed by atoms with van der Waals surface area (Å²) in [6, 6.07) is 7.62. The molecule has 0 saturated carbocycles. The molecule has 118 valence electrons. The van der Waals surface area contributed by atoms with E-state index in [-0.39, 0.29) is 6.04 Å². The fraction of sp³-hybridized carbons (Fsp3) is 0.412. The van der Waals surface area contributed by atoms with E-state index in [1.807, 2.05) is 58.9 Å². The summed E-state index contributed by atoms with van der Waals surface area (Å²) in [4.78, 5) is 16.3. The molecule has 0 aliphatic heterocycles. The third-order valence-electron chi connectivity index (χ3n) is 3.23. The van der Waals surface area contributed by atoms with Crippen molar-refractivity contribution in [2.24, 2.45) is 0 Å². The predicted molar refractivity (Wildman–Crippen MR) is 89.3 cm³/mol. The van der Waals surface area contributed by atoms with Crippen LogP contribution in [0.5, 0.6) is 0 Å². The minimum atomic E-state index is -0.535. The van der Waals surface area contributed by atoms with E-state index in [0.717, 1.165) is 22.0 Å². The molecule has 0 fully saturated rings. The van der Waals surface area contributed by atoms with E-state index in [4.69, 9.17) is 16.3 Å². The molecule has 22 heavy (non-hydrogen) atoms. The average molecular weight is 321 g/mol. The van der Waals surface area contributed by atoms with Crippen molar-refractivity contribution in [3.63, 3.8) is 0 Å². The van der Waals surface area contributed by atoms with Crippen LogP contribution in [0.3, 0.4) is 0 Å². The highest BCUT2D eigenvalue weighted by molar-refractivity contribution is 6.30. The Morgan fingerprint density at radius 2 is 2.05 bits per heavy atom. The first-order valence-electron chi connectivity index (χ1n) is 7.22. The van der Waals surface area contributed by atoms with E-state index >= 15 is 0 Å². The van der Waals surface area contributed by atoms with Crippen molar-refractivity contribution >= 4 is 28.6 Å². The molecule has 4 nitrogen and oxygen atoms in total. The first-order valence-corrected chi connectivity index (χ1v) is 7.60. The maximum atomic E-state index is 11.9. The molecule has 2 rings (SSSR count). The van der Waals surface area contributed by atoms with Crippen molar-refractivity contribution in [2.75, 3.05) is 0 Å². The summed E-state index contributed by atoms with van der Waals surface area (Å²) in [5.41, 5.74) is 2.18. The molecule has 1 unspecified atom stereocenters. The van der Waals surface area contributed by atoms with Crippen molar-refractivity contribution in [3.8, 4) is 0 Å². The van der Waals surface area contributed by atoms with Gasteiger partial charge >= 0.3 is 6.09 Å². The quantitative estimate of drug-likeness (QED) is 0.810. The van der Waals surface area contributed by atoms with Crippen molar-refractivity contribution in [2.45, 2.75) is 46.3 Å². The van der Waals surface area contributed by atoms with Gasteiger partial charge in [0, 0.05) is 10.9 Å². The third-order valence-corrected chi connectivity index (χ3v) is 3.53. The Hall–Kier alpha value is -1.81. The molecule has 5 heteroatoms. The zero-order valence-electron chi connectivity index (χ0n) is 13.5. The Balaban J connectivity index is 2.26. The van der Waals surface area contributed by atoms with Crippen molar-refractivity contribution in [1.29, 1.82) is 0 Å². The number of fused-ring (bicyclic) bond motifs is 1. The number of alkyl carbamates (subject to hydrolysis) is 1. The highest BCUT2D eigenvalue weighted by Gasteiger charge is 2.20. The molecular formula is C17H21ClN2O2. The third kappa shape index (κ3) is 3.89. The van der Waals surface area contributed by atoms with Crippen LogP contribution in [0.1, 0.15) is 44.9 Å². The summed E-state index contributed by atoms with van der Waals surface area (Å²) in [5, 5.41) is 4.18. The molecule has 0 spiro atoms. The van der Waals surface area contributed by atoms with Crippen LogP contribution in [0.15, 0.2) is 24.3 Å². The second-order valence-corrected chi connectivity index (χ2v) is 6.74. The van der Waals surface area contributed by atoms with Crippen LogP contribution in [-0.2, 0) is 4.74 Å². The van der Waals surface area contributed by atoms with E-state index in [2.05, 4.69) is 10.3 Å². The van der Waals surface area contributed by atoms with Crippen LogP contribution in [-0.4, -0.2) is 16.7 Å². The average Bonchev–Trinajstić information content (AvgIpc) is 2.36. The topological polar surface area (TPSA) is 51.2 Å². The Bertz CT molecular complexity index is 708. The SMILES string of the molecule is Cc1cccc2cc(C(C)NC(=O)OC(C)(C)C)c(Cl)nc12. The van der Waals surface area contributed by atoms with Gasteiger partial charge in [0.1, 0.15) is 10.8 Å². The highest BCUT2D eigenvalue weighted by atomic mass is 35.5. The van der Waals surface area contributed by atoms with Crippen molar-refractivity contribution in [1.82, 2.24) is 10.3 Å². The Morgan fingerprint density at radius 3 is 2.68 bits per heavy atom. The predicted octanol–water partition coefficient (Wildman–Crippen LogP) is 4.78. The monoisotopic (exact) mass is 320 g/mol. The van der Waals surface area contributed by atoms with Crippen LogP contribution in [0.2, 0.25) is 5.15 Å². The summed E-state index contributed by atoms with van der Waals surface area (Å²) in [5.74, 6) is 0. The second kappa shape index (κ2) is 6.13. The zero-order valence-corrected chi connectivity index (χ0v) is 14.3. The molecule has 1 aromatic carbocycles. The number of hydrogen-bond donors (Lipinski definition) is 1. The van der Waals surface area contributed by atoms with Crippen LogP contribution in [0.25, 0.3) is 10.9 Å². The number of halogens is 1. The van der Waals surface area contributed by atoms with Gasteiger partial charge < -0.3 is 10.1 Å². The van der Waals surface area contributed by atoms with E-state index < -0.39 is 11.7 Å². The van der Waals surface area contributed by atoms with Gasteiger partial charge in [0.15, 0.2) is 0 Å². The van der Waals surface area contributed by atoms with Gasteiger partial charge in [-0.15, -0.1) is 0 Å². The lowest BCUT2D eigenvalue weighted by atomic mass is 10.1. The number of carbonyl (C=O) groups is 1. The van der Waals surface area contributed by atoms with Gasteiger partial charge in [-0.25, -0.2) is 9.78 Å². The van der Waals surface area contributed by atoms with E-state index in [0.29, 0.717) is 5.15 Å². The number of pyridine rings is 1. The van der Waals surface area contributed by atoms with Crippen LogP contribution in [0.4, 0.5) is 4.79 Å². The van der Waals surface area contributed by atoms with Crippen molar-refractivity contribution < 1.29 is 9.53 Å². The molecule has 0 aliphatic rings. The van der Waals surface area contributed by atoms with E-state index in [1.54, 1.807) is 0 Å². The largest absolute Gasteiger partial charge is 0.444 e. The lowest BCUT2D eigenvalue weighted by Gasteiger charge is -2.22. The smallest absolute Gasteiger partial charge is 0.408 e. The van der Waals surface area contributed by atoms with Gasteiger partial charge in [0.25, 0.3) is 0 Å². The molecule has 1 N–H and O–H groups in total. The van der Waals surface area contributed by atoms with E-state index in [1.165, 1.54) is 0 Å². The van der Waals surface area contributed by atoms with Gasteiger partial charge in [-0.1, -0.05) is 29.8 Å². The van der Waals surface area contributed by atoms with Gasteiger partial charge in [0.2, 0.25) is 0 Å². The molecule has 2 aromatic rings. The lowest BCUT2D eigenvalue weighted by Crippen LogP contribution is -2.34. The molecule has 1 atom stereocenters. The maximum Gasteiger partial charge on any atom is 0.408 e. The maximum absolute atomic E-state index is 11.9. The van der Waals surface area contributed by atoms with Gasteiger partial charge in [-0.05, 0) is 46.2 Å². The summed E-state index contributed by atoms with van der Waals surface area (Å²) in [6.45, 7) is 9.32. The Kier molecular flexibility index (Phi) is 4.61. The molecule has 1 heterocycles.